The van der Waals surface area contributed by atoms with Gasteiger partial charge in [-0.1, -0.05) is 37.6 Å². The fraction of sp³-hybridized carbons (Fsp3) is 0.500. The van der Waals surface area contributed by atoms with Crippen molar-refractivity contribution in [2.75, 3.05) is 42.9 Å². The second-order valence-electron chi connectivity index (χ2n) is 10.5. The molecule has 3 heterocycles. The third-order valence-electron chi connectivity index (χ3n) is 8.02. The highest BCUT2D eigenvalue weighted by Gasteiger charge is 2.34. The van der Waals surface area contributed by atoms with Crippen LogP contribution in [0.25, 0.3) is 0 Å². The van der Waals surface area contributed by atoms with Crippen LogP contribution < -0.4 is 10.2 Å². The van der Waals surface area contributed by atoms with E-state index in [0.717, 1.165) is 68.9 Å². The van der Waals surface area contributed by atoms with Crippen molar-refractivity contribution in [2.24, 2.45) is 0 Å². The van der Waals surface area contributed by atoms with Crippen LogP contribution in [0.4, 0.5) is 15.9 Å². The lowest BCUT2D eigenvalue weighted by molar-refractivity contribution is -0.107. The van der Waals surface area contributed by atoms with Crippen LogP contribution in [0.5, 0.6) is 0 Å². The lowest BCUT2D eigenvalue weighted by atomic mass is 9.97. The van der Waals surface area contributed by atoms with E-state index >= 15 is 0 Å². The highest BCUT2D eigenvalue weighted by molar-refractivity contribution is 6.33. The number of halogens is 2. The zero-order valence-corrected chi connectivity index (χ0v) is 23.9. The molecule has 1 aromatic heterocycles. The van der Waals surface area contributed by atoms with Crippen molar-refractivity contribution >= 4 is 35.7 Å². The molecular weight excluding hydrogens is 517 g/mol. The van der Waals surface area contributed by atoms with Crippen LogP contribution in [0.2, 0.25) is 5.02 Å². The Bertz CT molecular complexity index is 1200. The Kier molecular flexibility index (Phi) is 10.1. The van der Waals surface area contributed by atoms with Gasteiger partial charge in [0.2, 0.25) is 0 Å². The fourth-order valence-electron chi connectivity index (χ4n) is 5.75. The van der Waals surface area contributed by atoms with E-state index in [9.17, 15) is 14.0 Å². The Balaban J connectivity index is 1.35. The van der Waals surface area contributed by atoms with Gasteiger partial charge < -0.3 is 10.2 Å². The van der Waals surface area contributed by atoms with Crippen molar-refractivity contribution < 1.29 is 14.0 Å². The summed E-state index contributed by atoms with van der Waals surface area (Å²) in [5.41, 5.74) is 2.93. The molecule has 210 valence electrons. The molecule has 0 bridgehead atoms. The van der Waals surface area contributed by atoms with Crippen molar-refractivity contribution in [3.05, 3.63) is 63.7 Å². The normalized spacial score (nSPS) is 20.0. The number of piperidine rings is 1. The maximum absolute atomic E-state index is 14.3. The third-order valence-corrected chi connectivity index (χ3v) is 8.29. The molecule has 1 atom stereocenters. The molecule has 4 rings (SSSR count). The number of aromatic nitrogens is 1. The van der Waals surface area contributed by atoms with Gasteiger partial charge in [0.15, 0.2) is 6.29 Å². The van der Waals surface area contributed by atoms with Gasteiger partial charge in [-0.2, -0.15) is 0 Å². The monoisotopic (exact) mass is 555 g/mol. The lowest BCUT2D eigenvalue weighted by Gasteiger charge is -2.47. The van der Waals surface area contributed by atoms with Gasteiger partial charge in [-0.3, -0.25) is 19.4 Å². The minimum atomic E-state index is -0.109. The molecule has 1 aromatic carbocycles. The van der Waals surface area contributed by atoms with Gasteiger partial charge in [0.05, 0.1) is 22.6 Å². The largest absolute Gasteiger partial charge is 0.353 e. The first-order valence-corrected chi connectivity index (χ1v) is 14.3. The minimum Gasteiger partial charge on any atom is -0.353 e. The topological polar surface area (TPSA) is 68.8 Å². The van der Waals surface area contributed by atoms with Gasteiger partial charge in [0, 0.05) is 49.4 Å². The molecule has 1 unspecified atom stereocenters. The van der Waals surface area contributed by atoms with E-state index in [-0.39, 0.29) is 11.5 Å². The van der Waals surface area contributed by atoms with Crippen LogP contribution in [-0.2, 0) is 16.1 Å². The van der Waals surface area contributed by atoms with Crippen LogP contribution >= 0.6 is 11.6 Å². The standard InChI is InChI=1S/C30H39ClFN5O2/c1-4-22(19-38)29(20-39)34-24-15-27(31)30(33-16-24)36-12-13-37(25(5-2)18-36)26-8-10-35(11-9-26)17-23-7-6-21(3)14-28(23)32/h6-7,14-16,19-20,25-26,34H,4-5,8-13,17-18H2,1-3H3/b29-22+. The number of allylic oxidation sites excluding steroid dienone is 2. The van der Waals surface area contributed by atoms with E-state index in [1.165, 1.54) is 0 Å². The summed E-state index contributed by atoms with van der Waals surface area (Å²) in [4.78, 5) is 34.6. The number of carbonyl (C=O) groups excluding carboxylic acids is 2. The zero-order valence-electron chi connectivity index (χ0n) is 23.1. The van der Waals surface area contributed by atoms with Gasteiger partial charge in [-0.15, -0.1) is 0 Å². The van der Waals surface area contributed by atoms with Crippen molar-refractivity contribution in [3.63, 3.8) is 0 Å². The van der Waals surface area contributed by atoms with Crippen LogP contribution in [0, 0.1) is 12.7 Å². The first kappa shape index (κ1) is 29.2. The number of pyridine rings is 1. The number of piperazine rings is 1. The molecule has 0 spiro atoms. The summed E-state index contributed by atoms with van der Waals surface area (Å²) in [7, 11) is 0. The number of likely N-dealkylation sites (tertiary alicyclic amines) is 1. The highest BCUT2D eigenvalue weighted by atomic mass is 35.5. The van der Waals surface area contributed by atoms with E-state index < -0.39 is 0 Å². The van der Waals surface area contributed by atoms with E-state index in [4.69, 9.17) is 11.6 Å². The van der Waals surface area contributed by atoms with Gasteiger partial charge >= 0.3 is 0 Å². The summed E-state index contributed by atoms with van der Waals surface area (Å²) >= 11 is 6.65. The van der Waals surface area contributed by atoms with Crippen LogP contribution in [0.15, 0.2) is 41.7 Å². The lowest BCUT2D eigenvalue weighted by Crippen LogP contribution is -2.58. The first-order chi connectivity index (χ1) is 18.9. The van der Waals surface area contributed by atoms with Crippen LogP contribution in [-0.4, -0.2) is 72.2 Å². The molecule has 2 aliphatic heterocycles. The SMILES string of the molecule is CC/C(C=O)=C(/C=O)Nc1cnc(N2CCN(C3CCN(Cc4ccc(C)cc4F)CC3)C(CC)C2)c(Cl)c1. The number of aldehydes is 2. The molecular formula is C30H39ClFN5O2. The molecule has 0 radical (unpaired) electrons. The highest BCUT2D eigenvalue weighted by Crippen LogP contribution is 2.31. The second kappa shape index (κ2) is 13.5. The Morgan fingerprint density at radius 1 is 1.13 bits per heavy atom. The van der Waals surface area contributed by atoms with Gasteiger partial charge in [-0.25, -0.2) is 9.37 Å². The van der Waals surface area contributed by atoms with Crippen LogP contribution in [0.3, 0.4) is 0 Å². The maximum atomic E-state index is 14.3. The summed E-state index contributed by atoms with van der Waals surface area (Å²) in [5.74, 6) is 0.626. The van der Waals surface area contributed by atoms with E-state index in [1.54, 1.807) is 18.3 Å². The number of rotatable bonds is 10. The molecule has 0 aliphatic carbocycles. The average molecular weight is 556 g/mol. The molecule has 2 fully saturated rings. The van der Waals surface area contributed by atoms with Crippen molar-refractivity contribution in [1.82, 2.24) is 14.8 Å². The number of hydrogen-bond donors (Lipinski definition) is 1. The van der Waals surface area contributed by atoms with E-state index in [2.05, 4.69) is 31.9 Å². The second-order valence-corrected chi connectivity index (χ2v) is 10.9. The van der Waals surface area contributed by atoms with E-state index in [0.29, 0.717) is 53.9 Å². The van der Waals surface area contributed by atoms with Crippen molar-refractivity contribution in [2.45, 2.75) is 65.1 Å². The maximum Gasteiger partial charge on any atom is 0.166 e. The predicted octanol–water partition coefficient (Wildman–Crippen LogP) is 5.22. The Hall–Kier alpha value is -2.81. The molecule has 0 amide bonds. The quantitative estimate of drug-likeness (QED) is 0.318. The molecule has 0 saturated carbocycles. The van der Waals surface area contributed by atoms with E-state index in [1.807, 2.05) is 26.0 Å². The Morgan fingerprint density at radius 2 is 1.90 bits per heavy atom. The number of hydrogen-bond acceptors (Lipinski definition) is 7. The molecule has 39 heavy (non-hydrogen) atoms. The van der Waals surface area contributed by atoms with Gasteiger partial charge in [-0.05, 0) is 63.4 Å². The molecule has 2 aliphatic rings. The molecule has 7 nitrogen and oxygen atoms in total. The summed E-state index contributed by atoms with van der Waals surface area (Å²) in [6.07, 6.45) is 6.64. The summed E-state index contributed by atoms with van der Waals surface area (Å²) in [5, 5.41) is 3.49. The summed E-state index contributed by atoms with van der Waals surface area (Å²) in [6, 6.07) is 8.18. The number of benzene rings is 1. The molecule has 9 heteroatoms. The number of nitrogens with one attached hydrogen (secondary N) is 1. The molecule has 2 saturated heterocycles. The summed E-state index contributed by atoms with van der Waals surface area (Å²) < 4.78 is 14.3. The first-order valence-electron chi connectivity index (χ1n) is 13.9. The van der Waals surface area contributed by atoms with Gasteiger partial charge in [0.1, 0.15) is 17.9 Å². The van der Waals surface area contributed by atoms with Gasteiger partial charge in [0.25, 0.3) is 0 Å². The van der Waals surface area contributed by atoms with Crippen molar-refractivity contribution in [1.29, 1.82) is 0 Å². The molecule has 1 N–H and O–H groups in total. The number of nitrogens with zero attached hydrogens (tertiary/aromatic N) is 4. The third kappa shape index (κ3) is 7.04. The van der Waals surface area contributed by atoms with Crippen molar-refractivity contribution in [3.8, 4) is 0 Å². The number of anilines is 2. The predicted molar refractivity (Wildman–Crippen MR) is 155 cm³/mol. The number of carbonyl (C=O) groups is 2. The average Bonchev–Trinajstić information content (AvgIpc) is 2.95. The number of aryl methyl sites for hydroxylation is 1. The zero-order chi connectivity index (χ0) is 27.9. The fourth-order valence-corrected chi connectivity index (χ4v) is 6.03. The minimum absolute atomic E-state index is 0.109. The Morgan fingerprint density at radius 3 is 2.51 bits per heavy atom. The smallest absolute Gasteiger partial charge is 0.166 e. The summed E-state index contributed by atoms with van der Waals surface area (Å²) in [6.45, 7) is 11.2. The molecule has 2 aromatic rings. The van der Waals surface area contributed by atoms with Crippen LogP contribution in [0.1, 0.15) is 50.7 Å². The Labute approximate surface area is 236 Å².